The number of nitrogens with zero attached hydrogens (tertiary/aromatic N) is 1. The second-order valence-electron chi connectivity index (χ2n) is 4.64. The van der Waals surface area contributed by atoms with Crippen molar-refractivity contribution in [3.8, 4) is 0 Å². The average molecular weight is 400 g/mol. The van der Waals surface area contributed by atoms with E-state index in [9.17, 15) is 4.79 Å². The third-order valence-electron chi connectivity index (χ3n) is 3.19. The first-order valence-electron chi connectivity index (χ1n) is 6.39. The van der Waals surface area contributed by atoms with Gasteiger partial charge in [-0.05, 0) is 46.1 Å². The van der Waals surface area contributed by atoms with Crippen molar-refractivity contribution >= 4 is 37.8 Å². The monoisotopic (exact) mass is 398 g/mol. The van der Waals surface area contributed by atoms with E-state index in [1.165, 1.54) is 0 Å². The summed E-state index contributed by atoms with van der Waals surface area (Å²) in [4.78, 5) is 12.3. The van der Waals surface area contributed by atoms with Gasteiger partial charge in [0.1, 0.15) is 5.69 Å². The van der Waals surface area contributed by atoms with E-state index in [-0.39, 0.29) is 11.9 Å². The molecule has 1 amide bonds. The van der Waals surface area contributed by atoms with Crippen molar-refractivity contribution in [2.45, 2.75) is 19.4 Å². The Labute approximate surface area is 135 Å². The van der Waals surface area contributed by atoms with Crippen LogP contribution >= 0.6 is 31.9 Å². The van der Waals surface area contributed by atoms with Crippen LogP contribution in [-0.2, 0) is 7.05 Å². The molecule has 5 heteroatoms. The first-order valence-corrected chi connectivity index (χ1v) is 7.98. The van der Waals surface area contributed by atoms with Gasteiger partial charge < -0.3 is 9.88 Å². The van der Waals surface area contributed by atoms with E-state index in [0.717, 1.165) is 20.9 Å². The summed E-state index contributed by atoms with van der Waals surface area (Å²) >= 11 is 6.80. The highest BCUT2D eigenvalue weighted by molar-refractivity contribution is 9.10. The Balaban J connectivity index is 2.16. The number of nitrogens with one attached hydrogen (secondary N) is 1. The summed E-state index contributed by atoms with van der Waals surface area (Å²) in [5.41, 5.74) is 1.75. The zero-order valence-corrected chi connectivity index (χ0v) is 14.5. The van der Waals surface area contributed by atoms with Crippen molar-refractivity contribution in [1.29, 1.82) is 0 Å². The number of carbonyl (C=O) groups is 1. The maximum atomic E-state index is 12.3. The number of carbonyl (C=O) groups excluding carboxylic acids is 1. The lowest BCUT2D eigenvalue weighted by molar-refractivity contribution is 0.0927. The predicted molar refractivity (Wildman–Crippen MR) is 87.8 cm³/mol. The minimum atomic E-state index is -0.0621. The van der Waals surface area contributed by atoms with Crippen LogP contribution in [0.3, 0.4) is 0 Å². The molecule has 20 heavy (non-hydrogen) atoms. The quantitative estimate of drug-likeness (QED) is 0.810. The number of benzene rings is 1. The molecule has 1 heterocycles. The minimum Gasteiger partial charge on any atom is -0.345 e. The number of hydrogen-bond donors (Lipinski definition) is 1. The van der Waals surface area contributed by atoms with E-state index < -0.39 is 0 Å². The number of halogens is 2. The Morgan fingerprint density at radius 2 is 1.90 bits per heavy atom. The molecule has 3 nitrogen and oxygen atoms in total. The Morgan fingerprint density at radius 3 is 2.40 bits per heavy atom. The molecule has 0 aliphatic rings. The minimum absolute atomic E-state index is 0.0178. The van der Waals surface area contributed by atoms with E-state index in [1.54, 1.807) is 0 Å². The van der Waals surface area contributed by atoms with Crippen molar-refractivity contribution in [3.05, 3.63) is 56.7 Å². The molecule has 2 aromatic rings. The molecule has 1 N–H and O–H groups in total. The molecule has 2 rings (SSSR count). The number of hydrogen-bond acceptors (Lipinski definition) is 1. The lowest BCUT2D eigenvalue weighted by Gasteiger charge is -2.17. The van der Waals surface area contributed by atoms with Gasteiger partial charge in [-0.1, -0.05) is 35.0 Å². The molecule has 0 saturated carbocycles. The standard InChI is InChI=1S/C15H16Br2N2O/c1-3-13(10-4-6-11(16)7-5-10)18-15(20)14-8-12(17)9-19(14)2/h4-9,13H,3H2,1-2H3,(H,18,20). The molecule has 0 spiro atoms. The van der Waals surface area contributed by atoms with E-state index >= 15 is 0 Å². The summed E-state index contributed by atoms with van der Waals surface area (Å²) in [5, 5.41) is 3.08. The van der Waals surface area contributed by atoms with Crippen molar-refractivity contribution < 1.29 is 4.79 Å². The van der Waals surface area contributed by atoms with Crippen LogP contribution in [0.5, 0.6) is 0 Å². The van der Waals surface area contributed by atoms with Gasteiger partial charge in [-0.3, -0.25) is 4.79 Å². The van der Waals surface area contributed by atoms with Gasteiger partial charge in [0.05, 0.1) is 6.04 Å². The van der Waals surface area contributed by atoms with Gasteiger partial charge >= 0.3 is 0 Å². The SMILES string of the molecule is CCC(NC(=O)c1cc(Br)cn1C)c1ccc(Br)cc1. The lowest BCUT2D eigenvalue weighted by atomic mass is 10.0. The highest BCUT2D eigenvalue weighted by Gasteiger charge is 2.16. The molecular formula is C15H16Br2N2O. The fraction of sp³-hybridized carbons (Fsp3) is 0.267. The zero-order valence-electron chi connectivity index (χ0n) is 11.4. The summed E-state index contributed by atoms with van der Waals surface area (Å²) in [6.45, 7) is 2.06. The number of aryl methyl sites for hydroxylation is 1. The van der Waals surface area contributed by atoms with Gasteiger partial charge in [-0.2, -0.15) is 0 Å². The van der Waals surface area contributed by atoms with Crippen LogP contribution in [0, 0.1) is 0 Å². The molecule has 106 valence electrons. The van der Waals surface area contributed by atoms with Crippen molar-refractivity contribution in [1.82, 2.24) is 9.88 Å². The molecule has 1 aromatic carbocycles. The fourth-order valence-electron chi connectivity index (χ4n) is 2.10. The van der Waals surface area contributed by atoms with Crippen LogP contribution in [0.4, 0.5) is 0 Å². The Morgan fingerprint density at radius 1 is 1.25 bits per heavy atom. The van der Waals surface area contributed by atoms with E-state index in [1.807, 2.05) is 48.1 Å². The Hall–Kier alpha value is -1.07. The Kier molecular flexibility index (Phi) is 5.05. The smallest absolute Gasteiger partial charge is 0.268 e. The largest absolute Gasteiger partial charge is 0.345 e. The molecule has 1 aromatic heterocycles. The number of aromatic nitrogens is 1. The van der Waals surface area contributed by atoms with Crippen LogP contribution in [0.25, 0.3) is 0 Å². The second-order valence-corrected chi connectivity index (χ2v) is 6.47. The molecule has 1 unspecified atom stereocenters. The third-order valence-corrected chi connectivity index (χ3v) is 4.15. The van der Waals surface area contributed by atoms with Crippen LogP contribution < -0.4 is 5.32 Å². The molecule has 1 atom stereocenters. The van der Waals surface area contributed by atoms with E-state index in [2.05, 4.69) is 44.1 Å². The topological polar surface area (TPSA) is 34.0 Å². The summed E-state index contributed by atoms with van der Waals surface area (Å²) in [5.74, 6) is -0.0621. The second kappa shape index (κ2) is 6.59. The van der Waals surface area contributed by atoms with E-state index in [0.29, 0.717) is 5.69 Å². The molecule has 0 saturated heterocycles. The number of rotatable bonds is 4. The van der Waals surface area contributed by atoms with Gasteiger partial charge in [-0.15, -0.1) is 0 Å². The molecular weight excluding hydrogens is 384 g/mol. The summed E-state index contributed by atoms with van der Waals surface area (Å²) in [6.07, 6.45) is 2.72. The normalized spacial score (nSPS) is 12.2. The third kappa shape index (κ3) is 3.52. The zero-order chi connectivity index (χ0) is 14.7. The first kappa shape index (κ1) is 15.3. The first-order chi connectivity index (χ1) is 9.51. The highest BCUT2D eigenvalue weighted by Crippen LogP contribution is 2.21. The summed E-state index contributed by atoms with van der Waals surface area (Å²) < 4.78 is 3.75. The van der Waals surface area contributed by atoms with Crippen LogP contribution in [0.1, 0.15) is 35.4 Å². The van der Waals surface area contributed by atoms with Gasteiger partial charge in [0.2, 0.25) is 0 Å². The van der Waals surface area contributed by atoms with Gasteiger partial charge in [-0.25, -0.2) is 0 Å². The lowest BCUT2D eigenvalue weighted by Crippen LogP contribution is -2.29. The van der Waals surface area contributed by atoms with Crippen LogP contribution in [0.2, 0.25) is 0 Å². The maximum Gasteiger partial charge on any atom is 0.268 e. The molecule has 0 aliphatic carbocycles. The van der Waals surface area contributed by atoms with Gasteiger partial charge in [0.15, 0.2) is 0 Å². The van der Waals surface area contributed by atoms with Crippen molar-refractivity contribution in [2.75, 3.05) is 0 Å². The fourth-order valence-corrected chi connectivity index (χ4v) is 2.89. The predicted octanol–water partition coefficient (Wildman–Crippen LogP) is 4.43. The van der Waals surface area contributed by atoms with Crippen LogP contribution in [-0.4, -0.2) is 10.5 Å². The molecule has 0 radical (unpaired) electrons. The van der Waals surface area contributed by atoms with Crippen LogP contribution in [0.15, 0.2) is 45.5 Å². The number of amides is 1. The van der Waals surface area contributed by atoms with E-state index in [4.69, 9.17) is 0 Å². The van der Waals surface area contributed by atoms with Crippen molar-refractivity contribution in [2.24, 2.45) is 7.05 Å². The summed E-state index contributed by atoms with van der Waals surface area (Å²) in [6, 6.07) is 9.87. The maximum absolute atomic E-state index is 12.3. The highest BCUT2D eigenvalue weighted by atomic mass is 79.9. The Bertz CT molecular complexity index is 605. The summed E-state index contributed by atoms with van der Waals surface area (Å²) in [7, 11) is 1.86. The van der Waals surface area contributed by atoms with Gasteiger partial charge in [0, 0.05) is 22.2 Å². The van der Waals surface area contributed by atoms with Gasteiger partial charge in [0.25, 0.3) is 5.91 Å². The van der Waals surface area contributed by atoms with Crippen molar-refractivity contribution in [3.63, 3.8) is 0 Å². The molecule has 0 aliphatic heterocycles. The molecule has 0 fully saturated rings. The molecule has 0 bridgehead atoms. The average Bonchev–Trinajstić information content (AvgIpc) is 2.76.